The molecule has 0 bridgehead atoms. The Labute approximate surface area is 86.1 Å². The first-order valence-electron chi connectivity index (χ1n) is 4.91. The minimum absolute atomic E-state index is 0.131. The quantitative estimate of drug-likeness (QED) is 0.700. The van der Waals surface area contributed by atoms with Crippen molar-refractivity contribution in [1.82, 2.24) is 14.5 Å². The van der Waals surface area contributed by atoms with Gasteiger partial charge in [-0.15, -0.1) is 5.10 Å². The van der Waals surface area contributed by atoms with Crippen LogP contribution in [0.3, 0.4) is 0 Å². The number of amides is 1. The van der Waals surface area contributed by atoms with Crippen LogP contribution in [0.15, 0.2) is 6.20 Å². The topological polar surface area (TPSA) is 46.1 Å². The standard InChI is InChI=1S/C9H11N3OS/c13-8(7-6-10-11-14-7)12-5-4-9(12)2-1-3-9/h6H,1-5H2. The molecule has 4 nitrogen and oxygen atoms in total. The monoisotopic (exact) mass is 209 g/mol. The SMILES string of the molecule is O=C(c1cnns1)N1CCC12CCC2. The summed E-state index contributed by atoms with van der Waals surface area (Å²) in [6, 6.07) is 0. The Hall–Kier alpha value is -0.970. The van der Waals surface area contributed by atoms with Crippen LogP contribution in [0, 0.1) is 0 Å². The molecule has 0 atom stereocenters. The van der Waals surface area contributed by atoms with E-state index in [4.69, 9.17) is 0 Å². The van der Waals surface area contributed by atoms with Crippen LogP contribution in [0.5, 0.6) is 0 Å². The van der Waals surface area contributed by atoms with Crippen molar-refractivity contribution in [1.29, 1.82) is 0 Å². The zero-order valence-electron chi connectivity index (χ0n) is 7.77. The molecule has 0 aromatic carbocycles. The van der Waals surface area contributed by atoms with Gasteiger partial charge in [-0.1, -0.05) is 4.49 Å². The van der Waals surface area contributed by atoms with E-state index in [0.29, 0.717) is 4.88 Å². The maximum atomic E-state index is 12.0. The fourth-order valence-corrected chi connectivity index (χ4v) is 2.82. The third-order valence-corrected chi connectivity index (χ3v) is 4.13. The van der Waals surface area contributed by atoms with Gasteiger partial charge in [0.25, 0.3) is 5.91 Å². The Kier molecular flexibility index (Phi) is 1.65. The molecular weight excluding hydrogens is 198 g/mol. The summed E-state index contributed by atoms with van der Waals surface area (Å²) in [5, 5.41) is 3.70. The van der Waals surface area contributed by atoms with Gasteiger partial charge in [0, 0.05) is 12.1 Å². The second-order valence-electron chi connectivity index (χ2n) is 4.07. The van der Waals surface area contributed by atoms with E-state index >= 15 is 0 Å². The zero-order chi connectivity index (χ0) is 9.60. The second kappa shape index (κ2) is 2.76. The number of rotatable bonds is 1. The molecule has 0 N–H and O–H groups in total. The molecule has 14 heavy (non-hydrogen) atoms. The molecular formula is C9H11N3OS. The molecule has 2 aliphatic rings. The van der Waals surface area contributed by atoms with E-state index in [0.717, 1.165) is 6.54 Å². The first-order chi connectivity index (χ1) is 6.82. The van der Waals surface area contributed by atoms with Crippen LogP contribution in [0.2, 0.25) is 0 Å². The summed E-state index contributed by atoms with van der Waals surface area (Å²) in [5.41, 5.74) is 0.237. The lowest BCUT2D eigenvalue weighted by Crippen LogP contribution is -2.65. The van der Waals surface area contributed by atoms with E-state index in [2.05, 4.69) is 9.59 Å². The van der Waals surface area contributed by atoms with E-state index in [9.17, 15) is 4.79 Å². The molecule has 1 aromatic heterocycles. The van der Waals surface area contributed by atoms with Crippen LogP contribution < -0.4 is 0 Å². The highest BCUT2D eigenvalue weighted by molar-refractivity contribution is 7.07. The highest BCUT2D eigenvalue weighted by Gasteiger charge is 2.51. The van der Waals surface area contributed by atoms with E-state index in [-0.39, 0.29) is 11.4 Å². The van der Waals surface area contributed by atoms with Gasteiger partial charge in [0.1, 0.15) is 4.88 Å². The highest BCUT2D eigenvalue weighted by Crippen LogP contribution is 2.47. The third-order valence-electron chi connectivity index (χ3n) is 3.47. The molecule has 1 aromatic rings. The molecule has 1 saturated carbocycles. The molecule has 3 rings (SSSR count). The van der Waals surface area contributed by atoms with E-state index < -0.39 is 0 Å². The van der Waals surface area contributed by atoms with Gasteiger partial charge in [-0.25, -0.2) is 0 Å². The maximum Gasteiger partial charge on any atom is 0.267 e. The van der Waals surface area contributed by atoms with Gasteiger partial charge in [-0.3, -0.25) is 4.79 Å². The maximum absolute atomic E-state index is 12.0. The van der Waals surface area contributed by atoms with E-state index in [1.54, 1.807) is 6.20 Å². The summed E-state index contributed by atoms with van der Waals surface area (Å²) >= 11 is 1.19. The van der Waals surface area contributed by atoms with E-state index in [1.165, 1.54) is 37.2 Å². The van der Waals surface area contributed by atoms with Crippen LogP contribution in [0.4, 0.5) is 0 Å². The van der Waals surface area contributed by atoms with Crippen molar-refractivity contribution in [3.8, 4) is 0 Å². The predicted octanol–water partition coefficient (Wildman–Crippen LogP) is 1.31. The molecule has 74 valence electrons. The lowest BCUT2D eigenvalue weighted by molar-refractivity contribution is -0.0484. The Morgan fingerprint density at radius 2 is 2.36 bits per heavy atom. The van der Waals surface area contributed by atoms with Crippen LogP contribution in [0.25, 0.3) is 0 Å². The van der Waals surface area contributed by atoms with Crippen molar-refractivity contribution in [2.45, 2.75) is 31.2 Å². The molecule has 1 aliphatic carbocycles. The number of hydrogen-bond acceptors (Lipinski definition) is 4. The zero-order valence-corrected chi connectivity index (χ0v) is 8.59. The summed E-state index contributed by atoms with van der Waals surface area (Å²) in [6.07, 6.45) is 6.39. The summed E-state index contributed by atoms with van der Waals surface area (Å²) in [4.78, 5) is 14.6. The molecule has 1 amide bonds. The van der Waals surface area contributed by atoms with Crippen molar-refractivity contribution in [3.63, 3.8) is 0 Å². The summed E-state index contributed by atoms with van der Waals surface area (Å²) < 4.78 is 3.72. The third kappa shape index (κ3) is 0.958. The molecule has 2 fully saturated rings. The van der Waals surface area contributed by atoms with Gasteiger partial charge in [-0.2, -0.15) is 0 Å². The van der Waals surface area contributed by atoms with E-state index in [1.807, 2.05) is 4.90 Å². The Morgan fingerprint density at radius 1 is 1.50 bits per heavy atom. The Morgan fingerprint density at radius 3 is 2.79 bits per heavy atom. The lowest BCUT2D eigenvalue weighted by atomic mass is 9.68. The first kappa shape index (κ1) is 8.35. The molecule has 0 unspecified atom stereocenters. The molecule has 1 aliphatic heterocycles. The van der Waals surface area contributed by atoms with Gasteiger partial charge in [0.2, 0.25) is 0 Å². The highest BCUT2D eigenvalue weighted by atomic mass is 32.1. The molecule has 2 heterocycles. The Bertz CT molecular complexity index is 353. The molecule has 1 spiro atoms. The summed E-state index contributed by atoms with van der Waals surface area (Å²) in [6.45, 7) is 0.913. The summed E-state index contributed by atoms with van der Waals surface area (Å²) in [5.74, 6) is 0.131. The van der Waals surface area contributed by atoms with Gasteiger partial charge in [0.05, 0.1) is 6.20 Å². The molecule has 0 radical (unpaired) electrons. The molecule has 5 heteroatoms. The summed E-state index contributed by atoms with van der Waals surface area (Å²) in [7, 11) is 0. The van der Waals surface area contributed by atoms with Gasteiger partial charge in [0.15, 0.2) is 0 Å². The first-order valence-corrected chi connectivity index (χ1v) is 5.69. The average Bonchev–Trinajstić information content (AvgIpc) is 2.50. The molecule has 1 saturated heterocycles. The normalized spacial score (nSPS) is 23.0. The lowest BCUT2D eigenvalue weighted by Gasteiger charge is -2.58. The van der Waals surface area contributed by atoms with Gasteiger partial charge >= 0.3 is 0 Å². The van der Waals surface area contributed by atoms with Crippen LogP contribution in [-0.4, -0.2) is 32.5 Å². The van der Waals surface area contributed by atoms with Crippen molar-refractivity contribution in [2.75, 3.05) is 6.54 Å². The van der Waals surface area contributed by atoms with Crippen molar-refractivity contribution in [3.05, 3.63) is 11.1 Å². The van der Waals surface area contributed by atoms with Gasteiger partial charge in [-0.05, 0) is 37.2 Å². The number of carbonyl (C=O) groups is 1. The predicted molar refractivity (Wildman–Crippen MR) is 52.1 cm³/mol. The number of carbonyl (C=O) groups excluding carboxylic acids is 1. The van der Waals surface area contributed by atoms with Gasteiger partial charge < -0.3 is 4.90 Å². The number of hydrogen-bond donors (Lipinski definition) is 0. The number of aromatic nitrogens is 2. The van der Waals surface area contributed by atoms with Crippen LogP contribution in [-0.2, 0) is 0 Å². The fraction of sp³-hybridized carbons (Fsp3) is 0.667. The number of nitrogens with zero attached hydrogens (tertiary/aromatic N) is 3. The number of likely N-dealkylation sites (tertiary alicyclic amines) is 1. The smallest absolute Gasteiger partial charge is 0.267 e. The van der Waals surface area contributed by atoms with Crippen LogP contribution >= 0.6 is 11.5 Å². The Balaban J connectivity index is 1.80. The minimum Gasteiger partial charge on any atom is -0.332 e. The van der Waals surface area contributed by atoms with Crippen molar-refractivity contribution in [2.24, 2.45) is 0 Å². The average molecular weight is 209 g/mol. The van der Waals surface area contributed by atoms with Crippen LogP contribution in [0.1, 0.15) is 35.4 Å². The fourth-order valence-electron chi connectivity index (χ4n) is 2.36. The largest absolute Gasteiger partial charge is 0.332 e. The second-order valence-corrected chi connectivity index (χ2v) is 4.85. The minimum atomic E-state index is 0.131. The van der Waals surface area contributed by atoms with Crippen molar-refractivity contribution >= 4 is 17.4 Å². The van der Waals surface area contributed by atoms with Crippen molar-refractivity contribution < 1.29 is 4.79 Å².